The number of para-hydroxylation sites is 4. The molecule has 4 rings (SSSR count). The second-order valence-corrected chi connectivity index (χ2v) is 9.98. The fourth-order valence-corrected chi connectivity index (χ4v) is 4.59. The molecule has 0 saturated carbocycles. The summed E-state index contributed by atoms with van der Waals surface area (Å²) in [6, 6.07) is 33.8. The molecule has 4 aromatic carbocycles. The maximum atomic E-state index is 14.1. The Morgan fingerprint density at radius 2 is 0.881 bits per heavy atom. The number of benzene rings is 4. The molecule has 0 bridgehead atoms. The monoisotopic (exact) mass is 564 g/mol. The molecule has 218 valence electrons. The second kappa shape index (κ2) is 16.0. The van der Waals surface area contributed by atoms with Crippen molar-refractivity contribution in [3.63, 3.8) is 0 Å². The van der Waals surface area contributed by atoms with E-state index in [1.54, 1.807) is 21.9 Å². The van der Waals surface area contributed by atoms with Crippen LogP contribution in [0.2, 0.25) is 0 Å². The first-order valence-electron chi connectivity index (χ1n) is 14.8. The van der Waals surface area contributed by atoms with Crippen LogP contribution < -0.4 is 19.3 Å². The zero-order chi connectivity index (χ0) is 29.6. The van der Waals surface area contributed by atoms with Crippen LogP contribution in [0.1, 0.15) is 60.2 Å². The number of nitrogens with zero attached hydrogens (tertiary/aromatic N) is 2. The van der Waals surface area contributed by atoms with Gasteiger partial charge >= 0.3 is 0 Å². The van der Waals surface area contributed by atoms with E-state index in [1.165, 1.54) is 0 Å². The highest BCUT2D eigenvalue weighted by atomic mass is 16.5. The van der Waals surface area contributed by atoms with Crippen LogP contribution >= 0.6 is 0 Å². The number of carbonyl (C=O) groups is 2. The maximum Gasteiger partial charge on any atom is 0.262 e. The van der Waals surface area contributed by atoms with Gasteiger partial charge in [0.1, 0.15) is 11.5 Å². The number of unbranched alkanes of at least 4 members (excludes halogenated alkanes) is 2. The highest BCUT2D eigenvalue weighted by Crippen LogP contribution is 2.27. The first kappa shape index (κ1) is 30.4. The molecule has 0 radical (unpaired) electrons. The Hall–Kier alpha value is -4.58. The van der Waals surface area contributed by atoms with Gasteiger partial charge in [-0.25, -0.2) is 0 Å². The van der Waals surface area contributed by atoms with E-state index >= 15 is 0 Å². The van der Waals surface area contributed by atoms with E-state index in [2.05, 4.69) is 13.8 Å². The van der Waals surface area contributed by atoms with Gasteiger partial charge in [0, 0.05) is 24.5 Å². The Morgan fingerprint density at radius 3 is 1.26 bits per heavy atom. The Kier molecular flexibility index (Phi) is 11.6. The van der Waals surface area contributed by atoms with Gasteiger partial charge in [0.15, 0.2) is 0 Å². The van der Waals surface area contributed by atoms with Gasteiger partial charge in [-0.1, -0.05) is 87.4 Å². The fraction of sp³-hybridized carbons (Fsp3) is 0.278. The van der Waals surface area contributed by atoms with E-state index < -0.39 is 0 Å². The van der Waals surface area contributed by atoms with Crippen LogP contribution in [0.15, 0.2) is 109 Å². The summed E-state index contributed by atoms with van der Waals surface area (Å²) in [6.45, 7) is 5.84. The Morgan fingerprint density at radius 1 is 0.524 bits per heavy atom. The molecular weight excluding hydrogens is 524 g/mol. The molecule has 0 atom stereocenters. The highest BCUT2D eigenvalue weighted by Gasteiger charge is 2.26. The Balaban J connectivity index is 1.65. The number of carbonyl (C=O) groups excluding carboxylic acids is 2. The van der Waals surface area contributed by atoms with Crippen LogP contribution in [0.3, 0.4) is 0 Å². The average molecular weight is 565 g/mol. The van der Waals surface area contributed by atoms with Crippen molar-refractivity contribution in [1.82, 2.24) is 0 Å². The topological polar surface area (TPSA) is 59.1 Å². The molecule has 4 aromatic rings. The molecule has 6 heteroatoms. The normalized spacial score (nSPS) is 10.6. The quantitative estimate of drug-likeness (QED) is 0.137. The second-order valence-electron chi connectivity index (χ2n) is 9.98. The van der Waals surface area contributed by atoms with Crippen molar-refractivity contribution in [2.24, 2.45) is 0 Å². The van der Waals surface area contributed by atoms with Crippen LogP contribution in [-0.4, -0.2) is 38.1 Å². The zero-order valence-corrected chi connectivity index (χ0v) is 24.6. The molecule has 0 unspecified atom stereocenters. The van der Waals surface area contributed by atoms with Crippen molar-refractivity contribution in [1.29, 1.82) is 0 Å². The molecule has 0 fully saturated rings. The first-order valence-corrected chi connectivity index (χ1v) is 14.8. The summed E-state index contributed by atoms with van der Waals surface area (Å²) in [5, 5.41) is 0. The van der Waals surface area contributed by atoms with Crippen LogP contribution in [0.4, 0.5) is 11.4 Å². The van der Waals surface area contributed by atoms with Crippen LogP contribution in [-0.2, 0) is 0 Å². The third kappa shape index (κ3) is 8.00. The van der Waals surface area contributed by atoms with Crippen LogP contribution in [0.5, 0.6) is 11.5 Å². The van der Waals surface area contributed by atoms with Crippen molar-refractivity contribution in [2.45, 2.75) is 39.5 Å². The zero-order valence-electron chi connectivity index (χ0n) is 24.6. The largest absolute Gasteiger partial charge is 0.493 e. The minimum atomic E-state index is -0.183. The lowest BCUT2D eigenvalue weighted by atomic mass is 10.1. The standard InChI is InChI=1S/C36H40N2O4/c1-3-5-27-41-33-23-15-13-21-31(33)35(39)37(29-17-9-7-10-18-29)25-26-38(30-19-11-8-12-20-30)36(40)32-22-14-16-24-34(32)42-28-6-4-2/h7-24H,3-6,25-28H2,1-2H3. The van der Waals surface area contributed by atoms with Crippen molar-refractivity contribution < 1.29 is 19.1 Å². The van der Waals surface area contributed by atoms with E-state index in [0.717, 1.165) is 37.1 Å². The summed E-state index contributed by atoms with van der Waals surface area (Å²) in [6.07, 6.45) is 3.82. The molecule has 0 aromatic heterocycles. The van der Waals surface area contributed by atoms with E-state index in [9.17, 15) is 9.59 Å². The number of ether oxygens (including phenoxy) is 2. The van der Waals surface area contributed by atoms with E-state index in [4.69, 9.17) is 9.47 Å². The molecule has 42 heavy (non-hydrogen) atoms. The molecule has 0 saturated heterocycles. The number of anilines is 2. The van der Waals surface area contributed by atoms with Gasteiger partial charge in [0.05, 0.1) is 24.3 Å². The predicted molar refractivity (Wildman–Crippen MR) is 170 cm³/mol. The minimum Gasteiger partial charge on any atom is -0.493 e. The van der Waals surface area contributed by atoms with Gasteiger partial charge in [-0.05, 0) is 61.4 Å². The lowest BCUT2D eigenvalue weighted by Gasteiger charge is -2.29. The van der Waals surface area contributed by atoms with Crippen molar-refractivity contribution in [3.05, 3.63) is 120 Å². The lowest BCUT2D eigenvalue weighted by Crippen LogP contribution is -2.41. The molecule has 2 amide bonds. The van der Waals surface area contributed by atoms with Crippen LogP contribution in [0.25, 0.3) is 0 Å². The number of amides is 2. The molecule has 0 aliphatic carbocycles. The number of hydrogen-bond donors (Lipinski definition) is 0. The average Bonchev–Trinajstić information content (AvgIpc) is 3.04. The SMILES string of the molecule is CCCCOc1ccccc1C(=O)N(CCN(C(=O)c1ccccc1OCCCC)c1ccccc1)c1ccccc1. The molecule has 0 heterocycles. The van der Waals surface area contributed by atoms with Gasteiger partial charge in [-0.2, -0.15) is 0 Å². The summed E-state index contributed by atoms with van der Waals surface area (Å²) in [5.74, 6) is 0.756. The van der Waals surface area contributed by atoms with Crippen molar-refractivity contribution in [2.75, 3.05) is 36.1 Å². The Labute approximate surface area is 249 Å². The van der Waals surface area contributed by atoms with Gasteiger partial charge in [-0.15, -0.1) is 0 Å². The molecule has 6 nitrogen and oxygen atoms in total. The minimum absolute atomic E-state index is 0.183. The van der Waals surface area contributed by atoms with Gasteiger partial charge in [-0.3, -0.25) is 9.59 Å². The summed E-state index contributed by atoms with van der Waals surface area (Å²) < 4.78 is 12.0. The van der Waals surface area contributed by atoms with E-state index in [0.29, 0.717) is 35.8 Å². The van der Waals surface area contributed by atoms with Crippen molar-refractivity contribution in [3.8, 4) is 11.5 Å². The number of hydrogen-bond acceptors (Lipinski definition) is 4. The summed E-state index contributed by atoms with van der Waals surface area (Å²) in [5.41, 5.74) is 2.47. The maximum absolute atomic E-state index is 14.1. The molecule has 0 spiro atoms. The summed E-state index contributed by atoms with van der Waals surface area (Å²) in [7, 11) is 0. The third-order valence-electron chi connectivity index (χ3n) is 6.92. The Bertz CT molecular complexity index is 1300. The smallest absolute Gasteiger partial charge is 0.262 e. The third-order valence-corrected chi connectivity index (χ3v) is 6.92. The lowest BCUT2D eigenvalue weighted by molar-refractivity contribution is 0.0963. The van der Waals surface area contributed by atoms with Crippen LogP contribution in [0, 0.1) is 0 Å². The highest BCUT2D eigenvalue weighted by molar-refractivity contribution is 6.09. The van der Waals surface area contributed by atoms with E-state index in [1.807, 2.05) is 97.1 Å². The molecule has 0 aliphatic heterocycles. The van der Waals surface area contributed by atoms with Gasteiger partial charge in [0.2, 0.25) is 0 Å². The fourth-order valence-electron chi connectivity index (χ4n) is 4.59. The van der Waals surface area contributed by atoms with Crippen molar-refractivity contribution >= 4 is 23.2 Å². The van der Waals surface area contributed by atoms with Gasteiger partial charge < -0.3 is 19.3 Å². The van der Waals surface area contributed by atoms with E-state index in [-0.39, 0.29) is 24.9 Å². The summed E-state index contributed by atoms with van der Waals surface area (Å²) in [4.78, 5) is 31.7. The number of rotatable bonds is 15. The summed E-state index contributed by atoms with van der Waals surface area (Å²) >= 11 is 0. The molecule has 0 aliphatic rings. The first-order chi connectivity index (χ1) is 20.6. The van der Waals surface area contributed by atoms with Gasteiger partial charge in [0.25, 0.3) is 11.8 Å². The predicted octanol–water partition coefficient (Wildman–Crippen LogP) is 8.04. The molecule has 0 N–H and O–H groups in total. The molecular formula is C36H40N2O4.